The minimum absolute atomic E-state index is 0.0561. The highest BCUT2D eigenvalue weighted by Crippen LogP contribution is 2.33. The molecule has 1 amide bonds. The van der Waals surface area contributed by atoms with Crippen molar-refractivity contribution >= 4 is 29.1 Å². The number of amides is 1. The van der Waals surface area contributed by atoms with Crippen molar-refractivity contribution in [3.63, 3.8) is 0 Å². The van der Waals surface area contributed by atoms with E-state index in [2.05, 4.69) is 0 Å². The molecule has 0 aromatic heterocycles. The number of methoxy groups -OCH3 is 1. The largest absolute Gasteiger partial charge is 0.497 e. The van der Waals surface area contributed by atoms with Gasteiger partial charge in [-0.15, -0.1) is 0 Å². The Bertz CT molecular complexity index is 775. The summed E-state index contributed by atoms with van der Waals surface area (Å²) in [4.78, 5) is 14.8. The first kappa shape index (κ1) is 18.9. The summed E-state index contributed by atoms with van der Waals surface area (Å²) in [6.45, 7) is 2.29. The smallest absolute Gasteiger partial charge is 0.263 e. The van der Waals surface area contributed by atoms with E-state index in [0.29, 0.717) is 22.3 Å². The minimum Gasteiger partial charge on any atom is -0.497 e. The molecule has 1 atom stereocenters. The molecule has 2 aromatic carbocycles. The summed E-state index contributed by atoms with van der Waals surface area (Å²) in [6, 6.07) is 13.2. The molecular formula is C20H21Cl2NO3. The number of nitrogens with zero attached hydrogens (tertiary/aromatic N) is 1. The zero-order chi connectivity index (χ0) is 18.7. The van der Waals surface area contributed by atoms with Crippen LogP contribution in [0.15, 0.2) is 42.5 Å². The molecule has 2 aromatic rings. The van der Waals surface area contributed by atoms with Crippen LogP contribution in [0, 0.1) is 0 Å². The van der Waals surface area contributed by atoms with E-state index in [1.54, 1.807) is 32.2 Å². The van der Waals surface area contributed by atoms with Crippen LogP contribution in [0.25, 0.3) is 0 Å². The summed E-state index contributed by atoms with van der Waals surface area (Å²) in [5.74, 6) is 1.16. The Morgan fingerprint density at radius 2 is 1.88 bits per heavy atom. The van der Waals surface area contributed by atoms with Crippen LogP contribution in [-0.2, 0) is 11.3 Å². The number of ether oxygens (including phenoxy) is 2. The van der Waals surface area contributed by atoms with Crippen molar-refractivity contribution in [1.29, 1.82) is 0 Å². The molecular weight excluding hydrogens is 373 g/mol. The third-order valence-electron chi connectivity index (χ3n) is 4.35. The van der Waals surface area contributed by atoms with Crippen molar-refractivity contribution in [2.45, 2.75) is 38.5 Å². The third kappa shape index (κ3) is 4.43. The quantitative estimate of drug-likeness (QED) is 0.666. The first-order valence-corrected chi connectivity index (χ1v) is 9.29. The van der Waals surface area contributed by atoms with Crippen LogP contribution >= 0.6 is 23.2 Å². The van der Waals surface area contributed by atoms with Gasteiger partial charge in [-0.3, -0.25) is 4.79 Å². The molecule has 0 N–H and O–H groups in total. The number of hydrogen-bond donors (Lipinski definition) is 0. The van der Waals surface area contributed by atoms with E-state index in [-0.39, 0.29) is 11.9 Å². The average molecular weight is 394 g/mol. The van der Waals surface area contributed by atoms with Crippen molar-refractivity contribution in [3.05, 3.63) is 58.1 Å². The second-order valence-electron chi connectivity index (χ2n) is 6.36. The van der Waals surface area contributed by atoms with E-state index < -0.39 is 6.10 Å². The molecule has 0 radical (unpaired) electrons. The molecule has 1 fully saturated rings. The molecule has 1 aliphatic carbocycles. The fourth-order valence-electron chi connectivity index (χ4n) is 2.75. The lowest BCUT2D eigenvalue weighted by atomic mass is 10.2. The number of hydrogen-bond acceptors (Lipinski definition) is 3. The Morgan fingerprint density at radius 1 is 1.19 bits per heavy atom. The summed E-state index contributed by atoms with van der Waals surface area (Å²) >= 11 is 12.2. The molecule has 3 rings (SSSR count). The van der Waals surface area contributed by atoms with Crippen molar-refractivity contribution in [2.75, 3.05) is 7.11 Å². The Kier molecular flexibility index (Phi) is 5.94. The van der Waals surface area contributed by atoms with Crippen LogP contribution in [0.5, 0.6) is 11.5 Å². The van der Waals surface area contributed by atoms with Gasteiger partial charge in [0.2, 0.25) is 0 Å². The number of carbonyl (C=O) groups is 1. The van der Waals surface area contributed by atoms with Gasteiger partial charge < -0.3 is 14.4 Å². The third-order valence-corrected chi connectivity index (χ3v) is 5.15. The van der Waals surface area contributed by atoms with Crippen LogP contribution in [0.3, 0.4) is 0 Å². The number of benzene rings is 2. The van der Waals surface area contributed by atoms with Crippen LogP contribution < -0.4 is 9.47 Å². The molecule has 4 nitrogen and oxygen atoms in total. The van der Waals surface area contributed by atoms with Crippen molar-refractivity contribution < 1.29 is 14.3 Å². The van der Waals surface area contributed by atoms with Gasteiger partial charge in [-0.05, 0) is 49.6 Å². The van der Waals surface area contributed by atoms with Gasteiger partial charge in [-0.25, -0.2) is 0 Å². The normalized spacial score (nSPS) is 14.6. The van der Waals surface area contributed by atoms with E-state index in [1.807, 2.05) is 29.2 Å². The Morgan fingerprint density at radius 3 is 2.50 bits per heavy atom. The van der Waals surface area contributed by atoms with Crippen LogP contribution in [0.4, 0.5) is 0 Å². The van der Waals surface area contributed by atoms with Gasteiger partial charge in [-0.1, -0.05) is 41.4 Å². The fourth-order valence-corrected chi connectivity index (χ4v) is 3.09. The second kappa shape index (κ2) is 8.19. The first-order valence-electron chi connectivity index (χ1n) is 8.53. The van der Waals surface area contributed by atoms with Gasteiger partial charge in [0, 0.05) is 12.6 Å². The van der Waals surface area contributed by atoms with Crippen LogP contribution in [0.2, 0.25) is 10.0 Å². The molecule has 0 bridgehead atoms. The zero-order valence-corrected chi connectivity index (χ0v) is 16.3. The predicted octanol–water partition coefficient (Wildman–Crippen LogP) is 4.96. The SMILES string of the molecule is COc1ccc(CN(C(=O)C(C)Oc2cccc(Cl)c2Cl)C2CC2)cc1. The summed E-state index contributed by atoms with van der Waals surface area (Å²) in [7, 11) is 1.63. The molecule has 1 unspecified atom stereocenters. The van der Waals surface area contributed by atoms with Gasteiger partial charge in [0.05, 0.1) is 12.1 Å². The van der Waals surface area contributed by atoms with E-state index in [4.69, 9.17) is 32.7 Å². The summed E-state index contributed by atoms with van der Waals surface area (Å²) in [6.07, 6.45) is 1.39. The highest BCUT2D eigenvalue weighted by Gasteiger charge is 2.35. The molecule has 1 saturated carbocycles. The maximum Gasteiger partial charge on any atom is 0.263 e. The zero-order valence-electron chi connectivity index (χ0n) is 14.7. The Balaban J connectivity index is 1.70. The summed E-state index contributed by atoms with van der Waals surface area (Å²) in [5.41, 5.74) is 1.05. The van der Waals surface area contributed by atoms with Crippen molar-refractivity contribution in [1.82, 2.24) is 4.90 Å². The van der Waals surface area contributed by atoms with E-state index in [0.717, 1.165) is 24.2 Å². The molecule has 26 heavy (non-hydrogen) atoms. The molecule has 0 spiro atoms. The standard InChI is InChI=1S/C20H21Cl2NO3/c1-13(26-18-5-3-4-17(21)19(18)22)20(24)23(15-8-9-15)12-14-6-10-16(25-2)11-7-14/h3-7,10-11,13,15H,8-9,12H2,1-2H3. The number of carbonyl (C=O) groups excluding carboxylic acids is 1. The lowest BCUT2D eigenvalue weighted by Gasteiger charge is -2.26. The van der Waals surface area contributed by atoms with Crippen molar-refractivity contribution in [3.8, 4) is 11.5 Å². The number of rotatable bonds is 7. The Hall–Kier alpha value is -1.91. The summed E-state index contributed by atoms with van der Waals surface area (Å²) < 4.78 is 11.0. The minimum atomic E-state index is -0.648. The maximum atomic E-state index is 13.0. The predicted molar refractivity (Wildman–Crippen MR) is 103 cm³/mol. The van der Waals surface area contributed by atoms with Gasteiger partial charge in [0.15, 0.2) is 6.10 Å². The lowest BCUT2D eigenvalue weighted by Crippen LogP contribution is -2.41. The first-order chi connectivity index (χ1) is 12.5. The van der Waals surface area contributed by atoms with E-state index in [9.17, 15) is 4.79 Å². The molecule has 1 aliphatic rings. The van der Waals surface area contributed by atoms with Crippen LogP contribution in [-0.4, -0.2) is 30.1 Å². The summed E-state index contributed by atoms with van der Waals surface area (Å²) in [5, 5.41) is 0.725. The fraction of sp³-hybridized carbons (Fsp3) is 0.350. The lowest BCUT2D eigenvalue weighted by molar-refractivity contribution is -0.139. The molecule has 0 heterocycles. The average Bonchev–Trinajstić information content (AvgIpc) is 3.48. The highest BCUT2D eigenvalue weighted by atomic mass is 35.5. The molecule has 6 heteroatoms. The monoisotopic (exact) mass is 393 g/mol. The van der Waals surface area contributed by atoms with Gasteiger partial charge >= 0.3 is 0 Å². The van der Waals surface area contributed by atoms with Gasteiger partial charge in [-0.2, -0.15) is 0 Å². The van der Waals surface area contributed by atoms with Gasteiger partial charge in [0.1, 0.15) is 16.5 Å². The molecule has 0 aliphatic heterocycles. The van der Waals surface area contributed by atoms with Crippen molar-refractivity contribution in [2.24, 2.45) is 0 Å². The van der Waals surface area contributed by atoms with E-state index in [1.165, 1.54) is 0 Å². The number of halogens is 2. The van der Waals surface area contributed by atoms with E-state index >= 15 is 0 Å². The second-order valence-corrected chi connectivity index (χ2v) is 7.14. The highest BCUT2D eigenvalue weighted by molar-refractivity contribution is 6.42. The molecule has 138 valence electrons. The van der Waals surface area contributed by atoms with Gasteiger partial charge in [0.25, 0.3) is 5.91 Å². The van der Waals surface area contributed by atoms with Crippen LogP contribution in [0.1, 0.15) is 25.3 Å². The topological polar surface area (TPSA) is 38.8 Å². The maximum absolute atomic E-state index is 13.0. The Labute approximate surface area is 163 Å². The molecule has 0 saturated heterocycles.